The molecule has 0 aliphatic carbocycles. The molecular formula is C104H48N16. The van der Waals surface area contributed by atoms with Gasteiger partial charge in [-0.3, -0.25) is 0 Å². The van der Waals surface area contributed by atoms with Crippen molar-refractivity contribution in [3.8, 4) is 97.1 Å². The molecule has 0 spiro atoms. The van der Waals surface area contributed by atoms with E-state index in [2.05, 4.69) is 97.1 Å². The minimum absolute atomic E-state index is 0.396. The zero-order valence-corrected chi connectivity index (χ0v) is 65.0. The number of nitriles is 16. The number of aryl methyl sites for hydroxylation is 8. The van der Waals surface area contributed by atoms with Gasteiger partial charge in [0.2, 0.25) is 0 Å². The van der Waals surface area contributed by atoms with E-state index >= 15 is 0 Å². The Balaban J connectivity index is 0.000000114. The van der Waals surface area contributed by atoms with E-state index in [0.717, 1.165) is 217 Å². The first-order valence-corrected chi connectivity index (χ1v) is 37.5. The molecule has 0 saturated carbocycles. The molecule has 20 rings (SSSR count). The van der Waals surface area contributed by atoms with Crippen LogP contribution in [0.25, 0.3) is 172 Å². The Kier molecular flexibility index (Phi) is 17.1. The summed E-state index contributed by atoms with van der Waals surface area (Å²) in [5.41, 5.74) is 14.8. The Bertz CT molecular complexity index is 8480. The van der Waals surface area contributed by atoms with E-state index in [1.54, 1.807) is 60.7 Å². The second-order valence-corrected chi connectivity index (χ2v) is 30.0. The van der Waals surface area contributed by atoms with Gasteiger partial charge in [-0.25, -0.2) is 0 Å². The largest absolute Gasteiger partial charge is 0.192 e. The monoisotopic (exact) mass is 1520 g/mol. The maximum Gasteiger partial charge on any atom is 0.0998 e. The zero-order valence-electron chi connectivity index (χ0n) is 65.0. The van der Waals surface area contributed by atoms with E-state index in [1.165, 1.54) is 0 Å². The van der Waals surface area contributed by atoms with Gasteiger partial charge in [0, 0.05) is 118 Å². The molecule has 0 aliphatic rings. The Labute approximate surface area is 683 Å². The molecule has 0 unspecified atom stereocenters. The molecule has 0 radical (unpaired) electrons. The number of rotatable bonds is 0. The van der Waals surface area contributed by atoms with Gasteiger partial charge in [-0.1, -0.05) is 72.8 Å². The van der Waals surface area contributed by atoms with Gasteiger partial charge in [-0.2, -0.15) is 84.2 Å². The van der Waals surface area contributed by atoms with Gasteiger partial charge in [-0.15, -0.1) is 0 Å². The third-order valence-electron chi connectivity index (χ3n) is 24.0. The van der Waals surface area contributed by atoms with E-state index in [0.29, 0.717) is 89.0 Å². The molecule has 0 aliphatic heterocycles. The molecule has 0 saturated heterocycles. The SMILES string of the molecule is Cc1cc(C#N)c2c3ccc(C#N)c4c(C)cc(C#N)c(c5ccc(C#N)c1c52)c43.Cc1ccc2c3c(C#N)cc(C#N)c4c(C)cc(C#N)c(c5ccc(C#N)c1c52)c43.Cc1ccc2c3c(C#N)cc(C#N)c4c(C)cc(C#N)c(c5ccc(C#N)c1c52)c43.Cc1ccc2c3c(C#N)cc(C#N)c4c(C)ccc(c5c(C#N)cc(C#N)c1c25)c43. The third kappa shape index (κ3) is 10.1. The molecule has 0 N–H and O–H groups in total. The first-order chi connectivity index (χ1) is 58.2. The average Bonchev–Trinajstić information content (AvgIpc) is 0.713. The third-order valence-corrected chi connectivity index (χ3v) is 24.0. The van der Waals surface area contributed by atoms with Crippen molar-refractivity contribution in [1.29, 1.82) is 84.2 Å². The Morgan fingerprint density at radius 3 is 0.442 bits per heavy atom. The van der Waals surface area contributed by atoms with Crippen LogP contribution in [-0.2, 0) is 0 Å². The molecule has 0 amide bonds. The summed E-state index contributed by atoms with van der Waals surface area (Å²) in [5, 5.41) is 183. The highest BCUT2D eigenvalue weighted by molar-refractivity contribution is 6.41. The molecule has 0 atom stereocenters. The van der Waals surface area contributed by atoms with Crippen LogP contribution in [0.2, 0.25) is 0 Å². The second-order valence-electron chi connectivity index (χ2n) is 30.0. The molecular weight excluding hydrogens is 1470 g/mol. The summed E-state index contributed by atoms with van der Waals surface area (Å²) >= 11 is 0. The molecule has 16 heteroatoms. The fourth-order valence-corrected chi connectivity index (χ4v) is 19.4. The fraction of sp³-hybridized carbons (Fsp3) is 0.0769. The van der Waals surface area contributed by atoms with Crippen LogP contribution in [0.4, 0.5) is 0 Å². The topological polar surface area (TPSA) is 381 Å². The molecule has 544 valence electrons. The summed E-state index contributed by atoms with van der Waals surface area (Å²) in [4.78, 5) is 0. The van der Waals surface area contributed by atoms with E-state index in [9.17, 15) is 84.2 Å². The minimum atomic E-state index is 0.396. The molecule has 0 bridgehead atoms. The quantitative estimate of drug-likeness (QED) is 0.100. The van der Waals surface area contributed by atoms with Crippen molar-refractivity contribution in [3.63, 3.8) is 0 Å². The summed E-state index contributed by atoms with van der Waals surface area (Å²) in [6, 6.07) is 80.3. The number of nitrogens with zero attached hydrogens (tertiary/aromatic N) is 16. The van der Waals surface area contributed by atoms with Gasteiger partial charge in [0.1, 0.15) is 0 Å². The molecule has 0 heterocycles. The lowest BCUT2D eigenvalue weighted by Crippen LogP contribution is -1.98. The van der Waals surface area contributed by atoms with Crippen molar-refractivity contribution in [2.75, 3.05) is 0 Å². The van der Waals surface area contributed by atoms with Crippen LogP contribution in [0.3, 0.4) is 0 Å². The van der Waals surface area contributed by atoms with E-state index in [-0.39, 0.29) is 0 Å². The number of fused-ring (bicyclic) bond motifs is 8. The molecule has 20 aromatic rings. The number of hydrogen-bond donors (Lipinski definition) is 0. The van der Waals surface area contributed by atoms with Crippen LogP contribution in [0.15, 0.2) is 146 Å². The lowest BCUT2D eigenvalue weighted by molar-refractivity contribution is 1.45. The van der Waals surface area contributed by atoms with E-state index in [4.69, 9.17) is 0 Å². The maximum atomic E-state index is 9.93. The van der Waals surface area contributed by atoms with Crippen LogP contribution >= 0.6 is 0 Å². The minimum Gasteiger partial charge on any atom is -0.192 e. The van der Waals surface area contributed by atoms with Crippen molar-refractivity contribution in [2.24, 2.45) is 0 Å². The van der Waals surface area contributed by atoms with Crippen LogP contribution in [-0.4, -0.2) is 0 Å². The lowest BCUT2D eigenvalue weighted by Gasteiger charge is -2.19. The molecule has 0 fully saturated rings. The van der Waals surface area contributed by atoms with Gasteiger partial charge in [0.15, 0.2) is 0 Å². The standard InChI is InChI=1S/4C26H12N4/c1-13-7-17(11-29)23-20-6-4-16(10-28)22-14(2)8-18(12-30)24(26(20)22)19-5-3-15(9-27)21(13)25(19)23;2*1-13-3-5-19-24-18(12-30)8-17(11-29)22-14(2)7-16(10-28)23(26(22)24)20-6-4-15(9-27)21(13)25(19)20;1-13-3-5-19-24-18(12-30)8-16(10-28)22-14(2)4-6-20(26(22)24)23-17(11-29)7-15(9-27)21(13)25(19)23/h4*3-8H,1-2H3. The number of hydrogen-bond acceptors (Lipinski definition) is 16. The van der Waals surface area contributed by atoms with Crippen LogP contribution < -0.4 is 0 Å². The highest BCUT2D eigenvalue weighted by Crippen LogP contribution is 2.52. The first kappa shape index (κ1) is 74.2. The molecule has 20 aromatic carbocycles. The highest BCUT2D eigenvalue weighted by Gasteiger charge is 2.30. The van der Waals surface area contributed by atoms with E-state index < -0.39 is 0 Å². The van der Waals surface area contributed by atoms with Crippen molar-refractivity contribution in [2.45, 2.75) is 55.4 Å². The summed E-state index contributed by atoms with van der Waals surface area (Å²) in [6.45, 7) is 15.4. The van der Waals surface area contributed by atoms with Crippen LogP contribution in [0.1, 0.15) is 134 Å². The lowest BCUT2D eigenvalue weighted by atomic mass is 9.82. The predicted octanol–water partition coefficient (Wildman–Crippen LogP) is 23.4. The Morgan fingerprint density at radius 2 is 0.250 bits per heavy atom. The van der Waals surface area contributed by atoms with Crippen LogP contribution in [0.5, 0.6) is 0 Å². The summed E-state index contributed by atoms with van der Waals surface area (Å²) in [7, 11) is 0. The van der Waals surface area contributed by atoms with Gasteiger partial charge < -0.3 is 0 Å². The van der Waals surface area contributed by atoms with Crippen molar-refractivity contribution < 1.29 is 0 Å². The van der Waals surface area contributed by atoms with E-state index in [1.807, 2.05) is 140 Å². The fourth-order valence-electron chi connectivity index (χ4n) is 19.4. The van der Waals surface area contributed by atoms with Crippen molar-refractivity contribution >= 4 is 172 Å². The normalized spacial score (nSPS) is 10.9. The molecule has 120 heavy (non-hydrogen) atoms. The summed E-state index contributed by atoms with van der Waals surface area (Å²) < 4.78 is 0. The predicted molar refractivity (Wildman–Crippen MR) is 464 cm³/mol. The first-order valence-electron chi connectivity index (χ1n) is 37.5. The van der Waals surface area contributed by atoms with Gasteiger partial charge >= 0.3 is 0 Å². The Hall–Kier alpha value is -18.6. The molecule has 16 nitrogen and oxygen atoms in total. The Morgan fingerprint density at radius 1 is 0.117 bits per heavy atom. The zero-order chi connectivity index (χ0) is 84.6. The second kappa shape index (κ2) is 27.7. The highest BCUT2D eigenvalue weighted by atomic mass is 14.4. The molecule has 0 aromatic heterocycles. The van der Waals surface area contributed by atoms with Crippen molar-refractivity contribution in [1.82, 2.24) is 0 Å². The average molecular weight is 1520 g/mol. The van der Waals surface area contributed by atoms with Gasteiger partial charge in [0.05, 0.1) is 186 Å². The van der Waals surface area contributed by atoms with Gasteiger partial charge in [0.25, 0.3) is 0 Å². The maximum absolute atomic E-state index is 9.93. The van der Waals surface area contributed by atoms with Crippen LogP contribution in [0, 0.1) is 237 Å². The number of benzene rings is 20. The summed E-state index contributed by atoms with van der Waals surface area (Å²) in [5.74, 6) is 0. The summed E-state index contributed by atoms with van der Waals surface area (Å²) in [6.07, 6.45) is 0. The van der Waals surface area contributed by atoms with Crippen molar-refractivity contribution in [3.05, 3.63) is 279 Å². The van der Waals surface area contributed by atoms with Gasteiger partial charge in [-0.05, 0) is 227 Å². The smallest absolute Gasteiger partial charge is 0.0998 e.